The van der Waals surface area contributed by atoms with E-state index in [0.717, 1.165) is 0 Å². The van der Waals surface area contributed by atoms with E-state index >= 15 is 4.39 Å². The molecule has 41 heavy (non-hydrogen) atoms. The van der Waals surface area contributed by atoms with Crippen LogP contribution in [-0.4, -0.2) is 40.6 Å². The van der Waals surface area contributed by atoms with E-state index in [1.165, 1.54) is 24.5 Å². The maximum absolute atomic E-state index is 15.4. The first kappa shape index (κ1) is 30.1. The summed E-state index contributed by atoms with van der Waals surface area (Å²) in [7, 11) is 0. The lowest BCUT2D eigenvalue weighted by Gasteiger charge is -2.29. The Morgan fingerprint density at radius 1 is 1.07 bits per heavy atom. The first-order chi connectivity index (χ1) is 19.0. The van der Waals surface area contributed by atoms with Gasteiger partial charge in [-0.2, -0.15) is 4.98 Å². The van der Waals surface area contributed by atoms with Gasteiger partial charge in [0, 0.05) is 28.9 Å². The summed E-state index contributed by atoms with van der Waals surface area (Å²) in [4.78, 5) is 31.9. The number of hydrogen-bond donors (Lipinski definition) is 1. The van der Waals surface area contributed by atoms with E-state index < -0.39 is 40.3 Å². The van der Waals surface area contributed by atoms with Gasteiger partial charge in [0.2, 0.25) is 5.91 Å². The zero-order chi connectivity index (χ0) is 30.3. The number of fused-ring (bicyclic) bond motifs is 2. The van der Waals surface area contributed by atoms with Gasteiger partial charge < -0.3 is 15.0 Å². The van der Waals surface area contributed by atoms with Crippen molar-refractivity contribution < 1.29 is 22.7 Å². The monoisotopic (exact) mass is 568 g/mol. The molecule has 1 aromatic heterocycles. The van der Waals surface area contributed by atoms with Crippen molar-refractivity contribution in [1.82, 2.24) is 14.9 Å². The number of anilines is 2. The van der Waals surface area contributed by atoms with Gasteiger partial charge in [0.25, 0.3) is 6.43 Å². The fraction of sp³-hybridized carbons (Fsp3) is 0.452. The quantitative estimate of drug-likeness (QED) is 0.421. The SMILES string of the molecule is CC(C)(C#Cc1cccc2c1COCCN2c1nc(=O)n(C(C)(C)C)c2cccc(F)c12)NC(=O)C(C)(C)C(F)F. The molecule has 10 heteroatoms. The molecule has 0 unspecified atom stereocenters. The maximum atomic E-state index is 15.4. The molecule has 1 N–H and O–H groups in total. The van der Waals surface area contributed by atoms with Crippen LogP contribution < -0.4 is 15.9 Å². The Kier molecular flexibility index (Phi) is 7.98. The van der Waals surface area contributed by atoms with Gasteiger partial charge in [0.05, 0.1) is 29.7 Å². The largest absolute Gasteiger partial charge is 0.375 e. The molecule has 0 fully saturated rings. The molecule has 0 atom stereocenters. The Labute approximate surface area is 237 Å². The van der Waals surface area contributed by atoms with Gasteiger partial charge in [0.15, 0.2) is 5.82 Å². The molecule has 0 saturated heterocycles. The van der Waals surface area contributed by atoms with Crippen molar-refractivity contribution >= 4 is 28.3 Å². The molecule has 0 aliphatic carbocycles. The van der Waals surface area contributed by atoms with Crippen LogP contribution in [0.4, 0.5) is 24.7 Å². The van der Waals surface area contributed by atoms with Crippen molar-refractivity contribution in [3.05, 3.63) is 63.8 Å². The van der Waals surface area contributed by atoms with Crippen molar-refractivity contribution in [2.45, 2.75) is 72.6 Å². The zero-order valence-electron chi connectivity index (χ0n) is 24.4. The smallest absolute Gasteiger partial charge is 0.350 e. The van der Waals surface area contributed by atoms with Crippen molar-refractivity contribution in [2.24, 2.45) is 5.41 Å². The minimum Gasteiger partial charge on any atom is -0.375 e. The molecule has 7 nitrogen and oxygen atoms in total. The number of aromatic nitrogens is 2. The lowest BCUT2D eigenvalue weighted by atomic mass is 9.91. The highest BCUT2D eigenvalue weighted by Gasteiger charge is 2.39. The molecular formula is C31H35F3N4O3. The number of nitrogens with one attached hydrogen (secondary N) is 1. The van der Waals surface area contributed by atoms with Crippen LogP contribution in [0.2, 0.25) is 0 Å². The van der Waals surface area contributed by atoms with Crippen molar-refractivity contribution in [3.8, 4) is 11.8 Å². The van der Waals surface area contributed by atoms with E-state index in [9.17, 15) is 18.4 Å². The van der Waals surface area contributed by atoms with E-state index in [-0.39, 0.29) is 24.4 Å². The van der Waals surface area contributed by atoms with Crippen molar-refractivity contribution in [3.63, 3.8) is 0 Å². The minimum absolute atomic E-state index is 0.183. The van der Waals surface area contributed by atoms with Crippen LogP contribution in [0.15, 0.2) is 41.2 Å². The van der Waals surface area contributed by atoms with Crippen LogP contribution in [0.3, 0.4) is 0 Å². The number of rotatable bonds is 4. The Balaban J connectivity index is 1.82. The molecule has 3 aromatic rings. The number of carbonyl (C=O) groups is 1. The summed E-state index contributed by atoms with van der Waals surface area (Å²) in [5.74, 6) is 4.92. The Morgan fingerprint density at radius 2 is 1.76 bits per heavy atom. The third kappa shape index (κ3) is 5.96. The molecule has 0 saturated carbocycles. The average molecular weight is 569 g/mol. The van der Waals surface area contributed by atoms with E-state index in [1.807, 2.05) is 26.8 Å². The van der Waals surface area contributed by atoms with Gasteiger partial charge in [-0.05, 0) is 72.7 Å². The molecule has 1 aliphatic rings. The highest BCUT2D eigenvalue weighted by Crippen LogP contribution is 2.36. The lowest BCUT2D eigenvalue weighted by Crippen LogP contribution is -2.50. The first-order valence-corrected chi connectivity index (χ1v) is 13.4. The molecule has 0 radical (unpaired) electrons. The normalized spacial score (nSPS) is 14.4. The second-order valence-electron chi connectivity index (χ2n) is 12.2. The molecule has 1 aliphatic heterocycles. The van der Waals surface area contributed by atoms with E-state index in [0.29, 0.717) is 28.9 Å². The number of hydrogen-bond acceptors (Lipinski definition) is 5. The summed E-state index contributed by atoms with van der Waals surface area (Å²) in [6.45, 7) is 12.0. The van der Waals surface area contributed by atoms with E-state index in [4.69, 9.17) is 4.74 Å². The predicted molar refractivity (Wildman–Crippen MR) is 153 cm³/mol. The number of nitrogens with zero attached hydrogens (tertiary/aromatic N) is 3. The zero-order valence-corrected chi connectivity index (χ0v) is 24.4. The van der Waals surface area contributed by atoms with Crippen LogP contribution in [-0.2, 0) is 21.7 Å². The van der Waals surface area contributed by atoms with E-state index in [1.54, 1.807) is 43.0 Å². The standard InChI is InChI=1S/C31H35F3N4O3/c1-29(2,3)38-23-13-9-11-21(32)24(23)25(35-28(38)40)37-16-17-41-18-20-19(10-8-12-22(20)37)14-15-30(4,5)36-27(39)31(6,7)26(33)34/h8-13,26H,16-18H2,1-7H3,(H,36,39). The molecule has 0 bridgehead atoms. The fourth-order valence-corrected chi connectivity index (χ4v) is 4.63. The summed E-state index contributed by atoms with van der Waals surface area (Å²) >= 11 is 0. The summed E-state index contributed by atoms with van der Waals surface area (Å²) < 4.78 is 49.5. The summed E-state index contributed by atoms with van der Waals surface area (Å²) in [5, 5.41) is 2.82. The topological polar surface area (TPSA) is 76.5 Å². The van der Waals surface area contributed by atoms with Crippen LogP contribution in [0.25, 0.3) is 10.9 Å². The van der Waals surface area contributed by atoms with E-state index in [2.05, 4.69) is 22.1 Å². The van der Waals surface area contributed by atoms with Crippen LogP contribution in [0.1, 0.15) is 59.6 Å². The van der Waals surface area contributed by atoms with Gasteiger partial charge in [-0.15, -0.1) is 0 Å². The number of halogens is 3. The van der Waals surface area contributed by atoms with Crippen molar-refractivity contribution in [1.29, 1.82) is 0 Å². The van der Waals surface area contributed by atoms with Gasteiger partial charge in [-0.3, -0.25) is 9.36 Å². The van der Waals surface area contributed by atoms with Gasteiger partial charge >= 0.3 is 5.69 Å². The highest BCUT2D eigenvalue weighted by atomic mass is 19.3. The highest BCUT2D eigenvalue weighted by molar-refractivity contribution is 5.93. The number of alkyl halides is 2. The Hall–Kier alpha value is -3.84. The number of carbonyl (C=O) groups excluding carboxylic acids is 1. The maximum Gasteiger partial charge on any atom is 0.350 e. The molecule has 1 amide bonds. The molecule has 4 rings (SSSR count). The Morgan fingerprint density at radius 3 is 2.41 bits per heavy atom. The lowest BCUT2D eigenvalue weighted by molar-refractivity contribution is -0.138. The molecule has 2 heterocycles. The molecule has 0 spiro atoms. The number of ether oxygens (including phenoxy) is 1. The summed E-state index contributed by atoms with van der Waals surface area (Å²) in [6.07, 6.45) is -2.83. The van der Waals surface area contributed by atoms with Crippen molar-refractivity contribution in [2.75, 3.05) is 18.1 Å². The average Bonchev–Trinajstić information content (AvgIpc) is 3.08. The molecule has 218 valence electrons. The van der Waals surface area contributed by atoms with Crippen LogP contribution in [0.5, 0.6) is 0 Å². The second kappa shape index (κ2) is 10.9. The first-order valence-electron chi connectivity index (χ1n) is 13.4. The third-order valence-corrected chi connectivity index (χ3v) is 6.99. The Bertz CT molecular complexity index is 1610. The van der Waals surface area contributed by atoms with Crippen LogP contribution >= 0.6 is 0 Å². The van der Waals surface area contributed by atoms with Crippen LogP contribution in [0, 0.1) is 23.1 Å². The van der Waals surface area contributed by atoms with Gasteiger partial charge in [0.1, 0.15) is 11.2 Å². The second-order valence-corrected chi connectivity index (χ2v) is 12.2. The van der Waals surface area contributed by atoms with Gasteiger partial charge in [-0.25, -0.2) is 18.0 Å². The molecule has 2 aromatic carbocycles. The third-order valence-electron chi connectivity index (χ3n) is 6.99. The summed E-state index contributed by atoms with van der Waals surface area (Å²) in [6, 6.07) is 10.0. The summed E-state index contributed by atoms with van der Waals surface area (Å²) in [5.41, 5.74) is -1.77. The number of benzene rings is 2. The predicted octanol–water partition coefficient (Wildman–Crippen LogP) is 5.50. The number of amides is 1. The fourth-order valence-electron chi connectivity index (χ4n) is 4.63. The van der Waals surface area contributed by atoms with Gasteiger partial charge in [-0.1, -0.05) is 24.0 Å². The minimum atomic E-state index is -2.83. The molecular weight excluding hydrogens is 533 g/mol.